The van der Waals surface area contributed by atoms with E-state index in [-0.39, 0.29) is 4.77 Å². The fourth-order valence-corrected chi connectivity index (χ4v) is 1.88. The van der Waals surface area contributed by atoms with Gasteiger partial charge in [0.1, 0.15) is 24.5 Å². The lowest BCUT2D eigenvalue weighted by molar-refractivity contribution is -0.0607. The van der Waals surface area contributed by atoms with Crippen LogP contribution in [0.25, 0.3) is 0 Å². The van der Waals surface area contributed by atoms with Gasteiger partial charge in [0.25, 0.3) is 5.56 Å². The van der Waals surface area contributed by atoms with E-state index in [9.17, 15) is 15.0 Å². The zero-order chi connectivity index (χ0) is 12.6. The monoisotopic (exact) mass is 261 g/mol. The van der Waals surface area contributed by atoms with Gasteiger partial charge in [-0.1, -0.05) is 0 Å². The van der Waals surface area contributed by atoms with Crippen molar-refractivity contribution in [2.75, 3.05) is 6.61 Å². The molecule has 1 aromatic rings. The van der Waals surface area contributed by atoms with Crippen LogP contribution in [-0.2, 0) is 4.74 Å². The van der Waals surface area contributed by atoms with Gasteiger partial charge in [-0.15, -0.1) is 0 Å². The molecule has 17 heavy (non-hydrogen) atoms. The van der Waals surface area contributed by atoms with Crippen LogP contribution in [0.4, 0.5) is 0 Å². The van der Waals surface area contributed by atoms with Crippen molar-refractivity contribution in [2.24, 2.45) is 0 Å². The molecule has 0 unspecified atom stereocenters. The van der Waals surface area contributed by atoms with Crippen molar-refractivity contribution in [3.63, 3.8) is 0 Å². The van der Waals surface area contributed by atoms with Gasteiger partial charge in [-0.25, -0.2) is 4.68 Å². The van der Waals surface area contributed by atoms with Crippen LogP contribution >= 0.6 is 12.2 Å². The lowest BCUT2D eigenvalue weighted by Gasteiger charge is -2.16. The van der Waals surface area contributed by atoms with Gasteiger partial charge in [0.15, 0.2) is 11.0 Å². The normalized spacial score (nSPS) is 32.9. The van der Waals surface area contributed by atoms with Crippen LogP contribution in [0, 0.1) is 4.77 Å². The van der Waals surface area contributed by atoms with E-state index >= 15 is 0 Å². The first kappa shape index (κ1) is 12.3. The van der Waals surface area contributed by atoms with Crippen LogP contribution in [0.2, 0.25) is 0 Å². The highest BCUT2D eigenvalue weighted by Crippen LogP contribution is 2.28. The Morgan fingerprint density at radius 1 is 1.53 bits per heavy atom. The summed E-state index contributed by atoms with van der Waals surface area (Å²) in [6.45, 7) is -0.439. The lowest BCUT2D eigenvalue weighted by atomic mass is 10.1. The van der Waals surface area contributed by atoms with Crippen LogP contribution in [0.1, 0.15) is 6.23 Å². The molecule has 9 heteroatoms. The maximum Gasteiger partial charge on any atom is 0.270 e. The highest BCUT2D eigenvalue weighted by molar-refractivity contribution is 7.71. The number of rotatable bonds is 2. The Kier molecular flexibility index (Phi) is 3.35. The van der Waals surface area contributed by atoms with E-state index in [0.29, 0.717) is 0 Å². The number of hydrogen-bond acceptors (Lipinski definition) is 7. The molecule has 0 amide bonds. The van der Waals surface area contributed by atoms with Gasteiger partial charge in [0.05, 0.1) is 6.61 Å². The SMILES string of the molecule is O=c1cnn([C@@H]2O[C@H](CO)[C@@H](O)[C@@H]2O)c(=S)[nH]1. The Labute approximate surface area is 100 Å². The van der Waals surface area contributed by atoms with Gasteiger partial charge in [0, 0.05) is 0 Å². The first-order valence-electron chi connectivity index (χ1n) is 4.85. The van der Waals surface area contributed by atoms with Crippen molar-refractivity contribution in [3.8, 4) is 0 Å². The molecule has 0 bridgehead atoms. The van der Waals surface area contributed by atoms with Crippen LogP contribution < -0.4 is 5.56 Å². The van der Waals surface area contributed by atoms with Crippen LogP contribution in [0.3, 0.4) is 0 Å². The third-order valence-corrected chi connectivity index (χ3v) is 2.78. The van der Waals surface area contributed by atoms with E-state index in [1.165, 1.54) is 0 Å². The molecule has 2 rings (SSSR count). The molecule has 8 nitrogen and oxygen atoms in total. The molecule has 0 aliphatic carbocycles. The largest absolute Gasteiger partial charge is 0.394 e. The molecule has 1 saturated heterocycles. The molecule has 0 aromatic carbocycles. The van der Waals surface area contributed by atoms with Crippen molar-refractivity contribution >= 4 is 12.2 Å². The number of aliphatic hydroxyl groups is 3. The minimum atomic E-state index is -1.28. The molecule has 1 aromatic heterocycles. The molecule has 0 spiro atoms. The maximum absolute atomic E-state index is 10.9. The number of nitrogens with zero attached hydrogens (tertiary/aromatic N) is 2. The summed E-state index contributed by atoms with van der Waals surface area (Å²) in [6.07, 6.45) is -3.49. The first-order chi connectivity index (χ1) is 8.04. The average Bonchev–Trinajstić information content (AvgIpc) is 2.57. The predicted octanol–water partition coefficient (Wildman–Crippen LogP) is -2.09. The predicted molar refractivity (Wildman–Crippen MR) is 56.7 cm³/mol. The van der Waals surface area contributed by atoms with Gasteiger partial charge in [0.2, 0.25) is 0 Å². The number of ether oxygens (including phenoxy) is 1. The summed E-state index contributed by atoms with van der Waals surface area (Å²) in [6, 6.07) is 0. The average molecular weight is 261 g/mol. The third kappa shape index (κ3) is 2.15. The van der Waals surface area contributed by atoms with Crippen molar-refractivity contribution in [1.82, 2.24) is 14.8 Å². The Bertz CT molecular complexity index is 514. The fraction of sp³-hybridized carbons (Fsp3) is 0.625. The number of aromatic amines is 1. The minimum absolute atomic E-state index is 0.0349. The van der Waals surface area contributed by atoms with E-state index in [2.05, 4.69) is 10.1 Å². The van der Waals surface area contributed by atoms with Crippen LogP contribution in [0.15, 0.2) is 11.0 Å². The first-order valence-corrected chi connectivity index (χ1v) is 5.26. The van der Waals surface area contributed by atoms with Crippen molar-refractivity contribution in [3.05, 3.63) is 21.3 Å². The molecule has 1 fully saturated rings. The van der Waals surface area contributed by atoms with E-state index in [1.54, 1.807) is 0 Å². The molecular weight excluding hydrogens is 250 g/mol. The number of aromatic nitrogens is 3. The molecule has 94 valence electrons. The molecule has 2 heterocycles. The summed E-state index contributed by atoms with van der Waals surface area (Å²) in [7, 11) is 0. The Morgan fingerprint density at radius 3 is 2.76 bits per heavy atom. The van der Waals surface area contributed by atoms with Gasteiger partial charge in [-0.05, 0) is 12.2 Å². The summed E-state index contributed by atoms with van der Waals surface area (Å²) in [4.78, 5) is 13.2. The highest BCUT2D eigenvalue weighted by Gasteiger charge is 2.43. The molecule has 4 atom stereocenters. The Hall–Kier alpha value is -1.13. The molecule has 0 radical (unpaired) electrons. The van der Waals surface area contributed by atoms with E-state index < -0.39 is 36.7 Å². The molecule has 0 saturated carbocycles. The van der Waals surface area contributed by atoms with Crippen molar-refractivity contribution < 1.29 is 20.1 Å². The molecular formula is C8H11N3O5S. The Balaban J connectivity index is 2.35. The quantitative estimate of drug-likeness (QED) is 0.450. The zero-order valence-corrected chi connectivity index (χ0v) is 9.37. The topological polar surface area (TPSA) is 121 Å². The van der Waals surface area contributed by atoms with E-state index in [1.807, 2.05) is 0 Å². The Morgan fingerprint density at radius 2 is 2.24 bits per heavy atom. The standard InChI is InChI=1S/C8H11N3O5S/c12-2-3-5(14)6(15)7(16-3)11-8(17)10-4(13)1-9-11/h1,3,5-7,12,14-15H,2H2,(H,10,13,17)/t3-,5-,6+,7-/m1/s1. The maximum atomic E-state index is 10.9. The third-order valence-electron chi connectivity index (χ3n) is 2.50. The van der Waals surface area contributed by atoms with Gasteiger partial charge < -0.3 is 20.1 Å². The minimum Gasteiger partial charge on any atom is -0.394 e. The van der Waals surface area contributed by atoms with E-state index in [0.717, 1.165) is 10.9 Å². The fourth-order valence-electron chi connectivity index (χ4n) is 1.63. The van der Waals surface area contributed by atoms with E-state index in [4.69, 9.17) is 22.1 Å². The summed E-state index contributed by atoms with van der Waals surface area (Å²) in [5.74, 6) is 0. The smallest absolute Gasteiger partial charge is 0.270 e. The number of nitrogens with one attached hydrogen (secondary N) is 1. The second-order valence-corrected chi connectivity index (χ2v) is 4.00. The number of hydrogen-bond donors (Lipinski definition) is 4. The summed E-state index contributed by atoms with van der Waals surface area (Å²) in [5, 5.41) is 31.9. The van der Waals surface area contributed by atoms with Crippen LogP contribution in [-0.4, -0.2) is 55.0 Å². The summed E-state index contributed by atoms with van der Waals surface area (Å²) >= 11 is 4.85. The lowest BCUT2D eigenvalue weighted by Crippen LogP contribution is -2.33. The molecule has 1 aliphatic rings. The van der Waals surface area contributed by atoms with Gasteiger partial charge >= 0.3 is 0 Å². The van der Waals surface area contributed by atoms with Gasteiger partial charge in [-0.2, -0.15) is 5.10 Å². The highest BCUT2D eigenvalue weighted by atomic mass is 32.1. The zero-order valence-electron chi connectivity index (χ0n) is 8.55. The number of H-pyrrole nitrogens is 1. The molecule has 1 aliphatic heterocycles. The summed E-state index contributed by atoms with van der Waals surface area (Å²) < 4.78 is 6.24. The summed E-state index contributed by atoms with van der Waals surface area (Å²) in [5.41, 5.74) is -0.474. The number of aliphatic hydroxyl groups excluding tert-OH is 3. The van der Waals surface area contributed by atoms with Crippen LogP contribution in [0.5, 0.6) is 0 Å². The van der Waals surface area contributed by atoms with Crippen molar-refractivity contribution in [2.45, 2.75) is 24.5 Å². The second-order valence-electron chi connectivity index (χ2n) is 3.61. The second kappa shape index (κ2) is 4.63. The van der Waals surface area contributed by atoms with Crippen molar-refractivity contribution in [1.29, 1.82) is 0 Å². The molecule has 4 N–H and O–H groups in total. The van der Waals surface area contributed by atoms with Gasteiger partial charge in [-0.3, -0.25) is 9.78 Å².